The van der Waals surface area contributed by atoms with Gasteiger partial charge in [-0.3, -0.25) is 9.59 Å². The summed E-state index contributed by atoms with van der Waals surface area (Å²) in [4.78, 5) is 26.1. The minimum atomic E-state index is -3.62. The smallest absolute Gasteiger partial charge is 0.387 e. The van der Waals surface area contributed by atoms with Crippen LogP contribution in [-0.2, 0) is 14.8 Å². The molecule has 3 rings (SSSR count). The van der Waals surface area contributed by atoms with Crippen LogP contribution in [-0.4, -0.2) is 68.8 Å². The Morgan fingerprint density at radius 2 is 1.64 bits per heavy atom. The lowest BCUT2D eigenvalue weighted by molar-refractivity contribution is -0.131. The maximum Gasteiger partial charge on any atom is 0.387 e. The quantitative estimate of drug-likeness (QED) is 0.626. The van der Waals surface area contributed by atoms with Gasteiger partial charge in [-0.15, -0.1) is 0 Å². The molecule has 0 saturated carbocycles. The van der Waals surface area contributed by atoms with E-state index >= 15 is 0 Å². The number of nitrogens with zero attached hydrogens (tertiary/aromatic N) is 2. The molecule has 2 aromatic carbocycles. The number of carbonyl (C=O) groups is 2. The molecule has 33 heavy (non-hydrogen) atoms. The molecule has 1 N–H and O–H groups in total. The first kappa shape index (κ1) is 24.3. The number of alkyl halides is 2. The Hall–Kier alpha value is -3.31. The number of hydrogen-bond donors (Lipinski definition) is 1. The molecule has 1 aliphatic heterocycles. The number of benzene rings is 2. The zero-order chi connectivity index (χ0) is 23.8. The molecule has 176 valence electrons. The van der Waals surface area contributed by atoms with Crippen molar-refractivity contribution in [3.05, 3.63) is 71.1 Å². The third-order valence-electron chi connectivity index (χ3n) is 4.93. The second-order valence-corrected chi connectivity index (χ2v) is 8.94. The third-order valence-corrected chi connectivity index (χ3v) is 6.49. The second-order valence-electron chi connectivity index (χ2n) is 7.12. The van der Waals surface area contributed by atoms with Crippen molar-refractivity contribution in [1.29, 1.82) is 0 Å². The summed E-state index contributed by atoms with van der Waals surface area (Å²) in [6, 6.07) is 14.1. The van der Waals surface area contributed by atoms with E-state index in [0.717, 1.165) is 11.0 Å². The number of piperazine rings is 1. The molecular formula is C22H23F2N3O5S. The molecule has 0 unspecified atom stereocenters. The van der Waals surface area contributed by atoms with Crippen molar-refractivity contribution in [3.63, 3.8) is 0 Å². The monoisotopic (exact) mass is 479 g/mol. The normalized spacial score (nSPS) is 15.1. The highest BCUT2D eigenvalue weighted by atomic mass is 32.2. The first-order chi connectivity index (χ1) is 15.7. The minimum absolute atomic E-state index is 0.0796. The van der Waals surface area contributed by atoms with Crippen LogP contribution in [0.5, 0.6) is 5.75 Å². The molecule has 0 aromatic heterocycles. The molecule has 1 fully saturated rings. The van der Waals surface area contributed by atoms with Gasteiger partial charge in [0.05, 0.1) is 6.54 Å². The summed E-state index contributed by atoms with van der Waals surface area (Å²) in [5, 5.41) is 3.62. The lowest BCUT2D eigenvalue weighted by atomic mass is 10.2. The molecule has 8 nitrogen and oxygen atoms in total. The summed E-state index contributed by atoms with van der Waals surface area (Å²) in [6.45, 7) is -2.54. The van der Waals surface area contributed by atoms with E-state index in [1.807, 2.05) is 18.2 Å². The summed E-state index contributed by atoms with van der Waals surface area (Å²) in [5.74, 6) is -0.971. The van der Waals surface area contributed by atoms with Crippen LogP contribution < -0.4 is 10.1 Å². The third kappa shape index (κ3) is 7.09. The molecule has 1 saturated heterocycles. The van der Waals surface area contributed by atoms with E-state index in [9.17, 15) is 26.8 Å². The van der Waals surface area contributed by atoms with Gasteiger partial charge in [-0.25, -0.2) is 8.42 Å². The van der Waals surface area contributed by atoms with Gasteiger partial charge in [-0.2, -0.15) is 13.1 Å². The fourth-order valence-electron chi connectivity index (χ4n) is 3.16. The predicted molar refractivity (Wildman–Crippen MR) is 118 cm³/mol. The maximum absolute atomic E-state index is 12.5. The number of sulfonamides is 1. The number of rotatable bonds is 8. The Bertz CT molecular complexity index is 1080. The van der Waals surface area contributed by atoms with Gasteiger partial charge < -0.3 is 15.0 Å². The van der Waals surface area contributed by atoms with Crippen LogP contribution in [0.25, 0.3) is 6.08 Å². The molecule has 2 aromatic rings. The van der Waals surface area contributed by atoms with Gasteiger partial charge in [0.15, 0.2) is 0 Å². The van der Waals surface area contributed by atoms with E-state index in [1.165, 1.54) is 39.5 Å². The van der Waals surface area contributed by atoms with Crippen LogP contribution >= 0.6 is 0 Å². The molecule has 0 bridgehead atoms. The van der Waals surface area contributed by atoms with Crippen LogP contribution in [0.1, 0.15) is 15.9 Å². The van der Waals surface area contributed by atoms with E-state index < -0.39 is 22.5 Å². The highest BCUT2D eigenvalue weighted by molar-refractivity contribution is 7.92. The van der Waals surface area contributed by atoms with E-state index in [2.05, 4.69) is 10.1 Å². The SMILES string of the molecule is O=C(NCC(=O)N1CCN(S(=O)(=O)/C=C/c2ccccc2)CC1)c1ccc(OC(F)F)cc1. The molecule has 0 aliphatic carbocycles. The van der Waals surface area contributed by atoms with E-state index in [1.54, 1.807) is 12.1 Å². The van der Waals surface area contributed by atoms with E-state index in [-0.39, 0.29) is 49.9 Å². The lowest BCUT2D eigenvalue weighted by Crippen LogP contribution is -2.52. The Kier molecular flexibility index (Phi) is 8.12. The van der Waals surface area contributed by atoms with Gasteiger partial charge in [0.25, 0.3) is 5.91 Å². The molecular weight excluding hydrogens is 456 g/mol. The number of ether oxygens (including phenoxy) is 1. The zero-order valence-corrected chi connectivity index (χ0v) is 18.4. The number of carbonyl (C=O) groups excluding carboxylic acids is 2. The summed E-state index contributed by atoms with van der Waals surface area (Å²) >= 11 is 0. The number of halogens is 2. The van der Waals surface area contributed by atoms with E-state index in [0.29, 0.717) is 0 Å². The standard InChI is InChI=1S/C22H23F2N3O5S/c23-22(24)32-19-8-6-18(7-9-19)21(29)25-16-20(28)26-11-13-27(14-12-26)33(30,31)15-10-17-4-2-1-3-5-17/h1-10,15,22H,11-14,16H2,(H,25,29)/b15-10+. The fraction of sp³-hybridized carbons (Fsp3) is 0.273. The average molecular weight is 480 g/mol. The van der Waals surface area contributed by atoms with Crippen LogP contribution in [0.3, 0.4) is 0 Å². The van der Waals surface area contributed by atoms with Crippen molar-refractivity contribution >= 4 is 27.9 Å². The van der Waals surface area contributed by atoms with Crippen molar-refractivity contribution in [2.75, 3.05) is 32.7 Å². The Morgan fingerprint density at radius 3 is 2.24 bits per heavy atom. The summed E-state index contributed by atoms with van der Waals surface area (Å²) in [5.41, 5.74) is 0.951. The van der Waals surface area contributed by atoms with Crippen molar-refractivity contribution in [2.45, 2.75) is 6.61 Å². The topological polar surface area (TPSA) is 96.0 Å². The molecule has 1 heterocycles. The Labute approximate surface area is 190 Å². The van der Waals surface area contributed by atoms with Crippen LogP contribution in [0.2, 0.25) is 0 Å². The summed E-state index contributed by atoms with van der Waals surface area (Å²) in [7, 11) is -3.62. The summed E-state index contributed by atoms with van der Waals surface area (Å²) < 4.78 is 54.9. The van der Waals surface area contributed by atoms with Gasteiger partial charge in [0.1, 0.15) is 5.75 Å². The lowest BCUT2D eigenvalue weighted by Gasteiger charge is -2.33. The molecule has 2 amide bonds. The van der Waals surface area contributed by atoms with Gasteiger partial charge in [0.2, 0.25) is 15.9 Å². The van der Waals surface area contributed by atoms with Crippen molar-refractivity contribution in [2.24, 2.45) is 0 Å². The Morgan fingerprint density at radius 1 is 1.00 bits per heavy atom. The van der Waals surface area contributed by atoms with Crippen LogP contribution in [0, 0.1) is 0 Å². The van der Waals surface area contributed by atoms with Crippen LogP contribution in [0.15, 0.2) is 60.0 Å². The first-order valence-electron chi connectivity index (χ1n) is 10.1. The number of amides is 2. The van der Waals surface area contributed by atoms with Crippen molar-refractivity contribution in [3.8, 4) is 5.75 Å². The fourth-order valence-corrected chi connectivity index (χ4v) is 4.34. The maximum atomic E-state index is 12.5. The second kappa shape index (κ2) is 11.0. The molecule has 11 heteroatoms. The zero-order valence-electron chi connectivity index (χ0n) is 17.6. The van der Waals surface area contributed by atoms with Gasteiger partial charge in [-0.05, 0) is 35.9 Å². The van der Waals surface area contributed by atoms with Crippen molar-refractivity contribution < 1.29 is 31.5 Å². The largest absolute Gasteiger partial charge is 0.435 e. The molecule has 0 spiro atoms. The molecule has 0 atom stereocenters. The number of nitrogens with one attached hydrogen (secondary N) is 1. The molecule has 1 aliphatic rings. The first-order valence-corrected chi connectivity index (χ1v) is 11.6. The van der Waals surface area contributed by atoms with Crippen molar-refractivity contribution in [1.82, 2.24) is 14.5 Å². The highest BCUT2D eigenvalue weighted by Gasteiger charge is 2.27. The molecule has 0 radical (unpaired) electrons. The van der Waals surface area contributed by atoms with Gasteiger partial charge in [0, 0.05) is 37.2 Å². The average Bonchev–Trinajstić information content (AvgIpc) is 2.82. The Balaban J connectivity index is 1.46. The highest BCUT2D eigenvalue weighted by Crippen LogP contribution is 2.15. The van der Waals surface area contributed by atoms with Gasteiger partial charge in [-0.1, -0.05) is 30.3 Å². The number of hydrogen-bond acceptors (Lipinski definition) is 5. The predicted octanol–water partition coefficient (Wildman–Crippen LogP) is 2.16. The van der Waals surface area contributed by atoms with Gasteiger partial charge >= 0.3 is 6.61 Å². The van der Waals surface area contributed by atoms with E-state index in [4.69, 9.17) is 0 Å². The summed E-state index contributed by atoms with van der Waals surface area (Å²) in [6.07, 6.45) is 1.52. The van der Waals surface area contributed by atoms with Crippen LogP contribution in [0.4, 0.5) is 8.78 Å². The minimum Gasteiger partial charge on any atom is -0.435 e.